The maximum absolute atomic E-state index is 12.1. The Labute approximate surface area is 138 Å². The largest absolute Gasteiger partial charge is 0.485 e. The first kappa shape index (κ1) is 15.5. The molecule has 0 saturated carbocycles. The number of carbonyl (C=O) groups excluding carboxylic acids is 1. The van der Waals surface area contributed by atoms with Crippen molar-refractivity contribution in [3.63, 3.8) is 0 Å². The van der Waals surface area contributed by atoms with Gasteiger partial charge in [0.2, 0.25) is 5.78 Å². The molecular formula is C14H13Br2NO2S. The fourth-order valence-corrected chi connectivity index (χ4v) is 4.46. The Hall–Kier alpha value is -0.850. The molecule has 6 heteroatoms. The topological polar surface area (TPSA) is 29.5 Å². The van der Waals surface area contributed by atoms with Gasteiger partial charge >= 0.3 is 0 Å². The summed E-state index contributed by atoms with van der Waals surface area (Å²) in [6, 6.07) is 9.45. The van der Waals surface area contributed by atoms with Gasteiger partial charge in [-0.25, -0.2) is 0 Å². The predicted molar refractivity (Wildman–Crippen MR) is 90.3 cm³/mol. The van der Waals surface area contributed by atoms with Crippen molar-refractivity contribution in [1.29, 1.82) is 0 Å². The van der Waals surface area contributed by atoms with Gasteiger partial charge in [-0.15, -0.1) is 11.3 Å². The van der Waals surface area contributed by atoms with Crippen LogP contribution in [0.3, 0.4) is 0 Å². The third-order valence-corrected chi connectivity index (χ3v) is 5.00. The minimum Gasteiger partial charge on any atom is -0.485 e. The molecule has 2 rings (SSSR count). The molecule has 0 spiro atoms. The second kappa shape index (κ2) is 6.74. The normalized spacial score (nSPS) is 10.4. The quantitative estimate of drug-likeness (QED) is 0.664. The number of benzene rings is 1. The molecule has 20 heavy (non-hydrogen) atoms. The summed E-state index contributed by atoms with van der Waals surface area (Å²) in [5, 5.41) is 0. The van der Waals surface area contributed by atoms with Gasteiger partial charge in [0.05, 0.1) is 7.57 Å². The Morgan fingerprint density at radius 1 is 1.30 bits per heavy atom. The number of ketones is 1. The van der Waals surface area contributed by atoms with Gasteiger partial charge in [0.25, 0.3) is 0 Å². The van der Waals surface area contributed by atoms with Crippen LogP contribution in [-0.2, 0) is 0 Å². The first-order valence-electron chi connectivity index (χ1n) is 5.85. The van der Waals surface area contributed by atoms with Crippen LogP contribution in [0.15, 0.2) is 37.9 Å². The number of anilines is 1. The highest BCUT2D eigenvalue weighted by atomic mass is 79.9. The van der Waals surface area contributed by atoms with Crippen LogP contribution in [0.5, 0.6) is 5.75 Å². The van der Waals surface area contributed by atoms with Crippen LogP contribution < -0.4 is 9.64 Å². The number of carbonyl (C=O) groups is 1. The fraction of sp³-hybridized carbons (Fsp3) is 0.214. The monoisotopic (exact) mass is 417 g/mol. The highest BCUT2D eigenvalue weighted by Gasteiger charge is 2.14. The Morgan fingerprint density at radius 3 is 2.65 bits per heavy atom. The van der Waals surface area contributed by atoms with Crippen LogP contribution in [0.1, 0.15) is 10.4 Å². The van der Waals surface area contributed by atoms with Crippen LogP contribution in [0.25, 0.3) is 0 Å². The molecule has 0 atom stereocenters. The van der Waals surface area contributed by atoms with Crippen LogP contribution in [0, 0.1) is 0 Å². The molecule has 1 heterocycles. The molecule has 0 fully saturated rings. The van der Waals surface area contributed by atoms with E-state index < -0.39 is 0 Å². The number of ether oxygens (including phenoxy) is 1. The molecule has 3 nitrogen and oxygen atoms in total. The average molecular weight is 419 g/mol. The van der Waals surface area contributed by atoms with Crippen LogP contribution in [0.2, 0.25) is 0 Å². The van der Waals surface area contributed by atoms with E-state index in [1.807, 2.05) is 43.3 Å². The predicted octanol–water partition coefficient (Wildman–Crippen LogP) is 4.60. The van der Waals surface area contributed by atoms with E-state index in [2.05, 4.69) is 31.9 Å². The van der Waals surface area contributed by atoms with Gasteiger partial charge in [0, 0.05) is 31.4 Å². The number of rotatable bonds is 5. The third-order valence-electron chi connectivity index (χ3n) is 2.66. The molecule has 0 aliphatic heterocycles. The van der Waals surface area contributed by atoms with E-state index >= 15 is 0 Å². The Morgan fingerprint density at radius 2 is 2.05 bits per heavy atom. The second-order valence-electron chi connectivity index (χ2n) is 4.34. The summed E-state index contributed by atoms with van der Waals surface area (Å²) in [7, 11) is 3.93. The van der Waals surface area contributed by atoms with E-state index in [1.54, 1.807) is 6.07 Å². The van der Waals surface area contributed by atoms with Crippen molar-refractivity contribution in [1.82, 2.24) is 0 Å². The molecule has 0 saturated heterocycles. The van der Waals surface area contributed by atoms with E-state index in [4.69, 9.17) is 4.74 Å². The van der Waals surface area contributed by atoms with Crippen molar-refractivity contribution in [2.45, 2.75) is 0 Å². The lowest BCUT2D eigenvalue weighted by Crippen LogP contribution is -2.12. The van der Waals surface area contributed by atoms with Crippen molar-refractivity contribution in [3.8, 4) is 5.75 Å². The number of Topliss-reactive ketones (excluding diaryl/α,β-unsaturated/α-hetero) is 1. The first-order valence-corrected chi connectivity index (χ1v) is 8.26. The van der Waals surface area contributed by atoms with E-state index in [0.29, 0.717) is 11.3 Å². The first-order chi connectivity index (χ1) is 9.47. The summed E-state index contributed by atoms with van der Waals surface area (Å²) >= 11 is 8.22. The molecule has 0 radical (unpaired) electrons. The molecule has 1 aromatic heterocycles. The smallest absolute Gasteiger partial charge is 0.202 e. The van der Waals surface area contributed by atoms with E-state index in [0.717, 1.165) is 13.3 Å². The Kier molecular flexibility index (Phi) is 5.23. The lowest BCUT2D eigenvalue weighted by atomic mass is 10.2. The van der Waals surface area contributed by atoms with Crippen molar-refractivity contribution in [2.24, 2.45) is 0 Å². The van der Waals surface area contributed by atoms with Gasteiger partial charge in [-0.2, -0.15) is 0 Å². The molecular weight excluding hydrogens is 406 g/mol. The molecule has 0 amide bonds. The lowest BCUT2D eigenvalue weighted by Gasteiger charge is -2.13. The minimum atomic E-state index is -0.0471. The molecule has 0 aliphatic rings. The van der Waals surface area contributed by atoms with Crippen molar-refractivity contribution in [3.05, 3.63) is 43.5 Å². The number of halogens is 2. The fourth-order valence-electron chi connectivity index (χ4n) is 1.61. The van der Waals surface area contributed by atoms with Gasteiger partial charge in [0.15, 0.2) is 6.61 Å². The standard InChI is InChI=1S/C14H13Br2NO2S/c1-17(2)9-4-3-5-10(6-9)19-8-12(18)11-7-13(15)20-14(11)16/h3-7H,8H2,1-2H3. The van der Waals surface area contributed by atoms with Crippen LogP contribution in [-0.4, -0.2) is 26.5 Å². The zero-order chi connectivity index (χ0) is 14.7. The molecule has 0 bridgehead atoms. The summed E-state index contributed by atoms with van der Waals surface area (Å²) < 4.78 is 7.31. The highest BCUT2D eigenvalue weighted by molar-refractivity contribution is 9.12. The summed E-state index contributed by atoms with van der Waals surface area (Å²) in [5.74, 6) is 0.643. The number of nitrogens with zero attached hydrogens (tertiary/aromatic N) is 1. The maximum atomic E-state index is 12.1. The van der Waals surface area contributed by atoms with Gasteiger partial charge in [-0.1, -0.05) is 6.07 Å². The Bertz CT molecular complexity index is 625. The molecule has 106 valence electrons. The van der Waals surface area contributed by atoms with Crippen molar-refractivity contribution >= 4 is 54.7 Å². The summed E-state index contributed by atoms with van der Waals surface area (Å²) in [6.07, 6.45) is 0. The summed E-state index contributed by atoms with van der Waals surface area (Å²) in [4.78, 5) is 14.1. The number of thiophene rings is 1. The van der Waals surface area contributed by atoms with Gasteiger partial charge in [-0.05, 0) is 50.1 Å². The van der Waals surface area contributed by atoms with E-state index in [-0.39, 0.29) is 12.4 Å². The lowest BCUT2D eigenvalue weighted by molar-refractivity contribution is 0.0921. The number of hydrogen-bond donors (Lipinski definition) is 0. The van der Waals surface area contributed by atoms with E-state index in [9.17, 15) is 4.79 Å². The molecule has 2 aromatic rings. The van der Waals surface area contributed by atoms with Gasteiger partial charge < -0.3 is 9.64 Å². The Balaban J connectivity index is 2.03. The minimum absolute atomic E-state index is 0.0264. The summed E-state index contributed by atoms with van der Waals surface area (Å²) in [5.41, 5.74) is 1.68. The SMILES string of the molecule is CN(C)c1cccc(OCC(=O)c2cc(Br)sc2Br)c1. The highest BCUT2D eigenvalue weighted by Crippen LogP contribution is 2.32. The van der Waals surface area contributed by atoms with E-state index in [1.165, 1.54) is 11.3 Å². The number of hydrogen-bond acceptors (Lipinski definition) is 4. The molecule has 0 aliphatic carbocycles. The van der Waals surface area contributed by atoms with Crippen LogP contribution >= 0.6 is 43.2 Å². The zero-order valence-electron chi connectivity index (χ0n) is 11.0. The maximum Gasteiger partial charge on any atom is 0.202 e. The van der Waals surface area contributed by atoms with Crippen LogP contribution in [0.4, 0.5) is 5.69 Å². The average Bonchev–Trinajstić information content (AvgIpc) is 2.75. The zero-order valence-corrected chi connectivity index (χ0v) is 15.0. The molecule has 0 N–H and O–H groups in total. The van der Waals surface area contributed by atoms with Crippen molar-refractivity contribution < 1.29 is 9.53 Å². The molecule has 1 aromatic carbocycles. The van der Waals surface area contributed by atoms with Gasteiger partial charge in [0.1, 0.15) is 5.75 Å². The third kappa shape index (κ3) is 3.84. The summed E-state index contributed by atoms with van der Waals surface area (Å²) in [6.45, 7) is 0.0264. The van der Waals surface area contributed by atoms with Gasteiger partial charge in [-0.3, -0.25) is 4.79 Å². The molecule has 0 unspecified atom stereocenters. The second-order valence-corrected chi connectivity index (χ2v) is 8.09. The van der Waals surface area contributed by atoms with Crippen molar-refractivity contribution in [2.75, 3.05) is 25.6 Å².